The van der Waals surface area contributed by atoms with Gasteiger partial charge in [-0.1, -0.05) is 0 Å². The van der Waals surface area contributed by atoms with Gasteiger partial charge in [-0.15, -0.1) is 0 Å². The molecule has 2 fully saturated rings. The Morgan fingerprint density at radius 2 is 1.95 bits per heavy atom. The van der Waals surface area contributed by atoms with Crippen LogP contribution in [0.2, 0.25) is 0 Å². The van der Waals surface area contributed by atoms with Crippen molar-refractivity contribution in [3.8, 4) is 0 Å². The van der Waals surface area contributed by atoms with Crippen molar-refractivity contribution in [1.82, 2.24) is 5.32 Å². The van der Waals surface area contributed by atoms with Gasteiger partial charge in [-0.05, 0) is 62.8 Å². The summed E-state index contributed by atoms with van der Waals surface area (Å²) in [6.45, 7) is 0.751. The van der Waals surface area contributed by atoms with E-state index in [2.05, 4.69) is 5.32 Å². The quantitative estimate of drug-likeness (QED) is 0.914. The van der Waals surface area contributed by atoms with Crippen molar-refractivity contribution < 1.29 is 13.5 Å². The van der Waals surface area contributed by atoms with Crippen LogP contribution in [0, 0.1) is 17.6 Å². The third kappa shape index (κ3) is 2.59. The first-order chi connectivity index (χ1) is 9.62. The molecule has 0 amide bonds. The van der Waals surface area contributed by atoms with E-state index < -0.39 is 11.6 Å². The molecule has 2 aliphatic rings. The van der Waals surface area contributed by atoms with E-state index in [1.807, 2.05) is 7.05 Å². The fourth-order valence-corrected chi connectivity index (χ4v) is 3.70. The lowest BCUT2D eigenvalue weighted by Gasteiger charge is -2.48. The number of ether oxygens (including phenoxy) is 1. The summed E-state index contributed by atoms with van der Waals surface area (Å²) in [5.41, 5.74) is 0.746. The highest BCUT2D eigenvalue weighted by atomic mass is 19.1. The highest BCUT2D eigenvalue weighted by Gasteiger charge is 2.44. The molecule has 20 heavy (non-hydrogen) atoms. The van der Waals surface area contributed by atoms with Gasteiger partial charge in [0.1, 0.15) is 11.6 Å². The summed E-state index contributed by atoms with van der Waals surface area (Å²) in [6, 6.07) is 3.79. The van der Waals surface area contributed by atoms with Gasteiger partial charge in [0.05, 0.1) is 5.60 Å². The number of hydrogen-bond donors (Lipinski definition) is 1. The molecule has 1 saturated heterocycles. The van der Waals surface area contributed by atoms with Gasteiger partial charge in [-0.25, -0.2) is 8.78 Å². The number of hydrogen-bond acceptors (Lipinski definition) is 2. The lowest BCUT2D eigenvalue weighted by atomic mass is 9.69. The van der Waals surface area contributed by atoms with Gasteiger partial charge in [0.15, 0.2) is 0 Å². The SMILES string of the molecule is CNC(c1cc(F)cc(F)c1)C1CCOC2(CCC2)C1. The van der Waals surface area contributed by atoms with E-state index in [1.165, 1.54) is 18.6 Å². The Hall–Kier alpha value is -1.00. The van der Waals surface area contributed by atoms with Crippen molar-refractivity contribution in [2.24, 2.45) is 5.92 Å². The van der Waals surface area contributed by atoms with Gasteiger partial charge in [-0.2, -0.15) is 0 Å². The maximum absolute atomic E-state index is 13.4. The smallest absolute Gasteiger partial charge is 0.126 e. The molecule has 0 aromatic heterocycles. The fraction of sp³-hybridized carbons (Fsp3) is 0.625. The first kappa shape index (κ1) is 14.0. The topological polar surface area (TPSA) is 21.3 Å². The predicted molar refractivity (Wildman–Crippen MR) is 73.4 cm³/mol. The lowest BCUT2D eigenvalue weighted by Crippen LogP contribution is -2.47. The van der Waals surface area contributed by atoms with Gasteiger partial charge < -0.3 is 10.1 Å². The third-order valence-corrected chi connectivity index (χ3v) is 4.82. The minimum Gasteiger partial charge on any atom is -0.375 e. The molecule has 1 aromatic carbocycles. The van der Waals surface area contributed by atoms with Crippen molar-refractivity contribution in [2.75, 3.05) is 13.7 Å². The highest BCUT2D eigenvalue weighted by Crippen LogP contribution is 2.47. The molecule has 110 valence electrons. The van der Waals surface area contributed by atoms with Crippen molar-refractivity contribution in [2.45, 2.75) is 43.7 Å². The van der Waals surface area contributed by atoms with Gasteiger partial charge in [0, 0.05) is 18.7 Å². The average molecular weight is 281 g/mol. The normalized spacial score (nSPS) is 26.2. The Kier molecular flexibility index (Phi) is 3.78. The highest BCUT2D eigenvalue weighted by molar-refractivity contribution is 5.22. The van der Waals surface area contributed by atoms with Gasteiger partial charge in [-0.3, -0.25) is 0 Å². The molecular weight excluding hydrogens is 260 g/mol. The van der Waals surface area contributed by atoms with E-state index in [9.17, 15) is 8.78 Å². The summed E-state index contributed by atoms with van der Waals surface area (Å²) in [5.74, 6) is -0.647. The summed E-state index contributed by atoms with van der Waals surface area (Å²) >= 11 is 0. The van der Waals surface area contributed by atoms with Gasteiger partial charge >= 0.3 is 0 Å². The van der Waals surface area contributed by atoms with Crippen LogP contribution in [0.4, 0.5) is 8.78 Å². The molecule has 1 heterocycles. The molecule has 1 aliphatic carbocycles. The number of rotatable bonds is 3. The second-order valence-corrected chi connectivity index (χ2v) is 6.11. The van der Waals surface area contributed by atoms with E-state index in [-0.39, 0.29) is 11.6 Å². The second kappa shape index (κ2) is 5.41. The van der Waals surface area contributed by atoms with Crippen LogP contribution < -0.4 is 5.32 Å². The molecule has 1 aromatic rings. The molecule has 1 aliphatic heterocycles. The van der Waals surface area contributed by atoms with Crippen LogP contribution in [-0.4, -0.2) is 19.3 Å². The molecule has 3 rings (SSSR count). The van der Waals surface area contributed by atoms with Crippen LogP contribution in [-0.2, 0) is 4.74 Å². The zero-order valence-electron chi connectivity index (χ0n) is 11.8. The Morgan fingerprint density at radius 3 is 2.50 bits per heavy atom. The molecule has 2 unspecified atom stereocenters. The van der Waals surface area contributed by atoms with E-state index >= 15 is 0 Å². The maximum Gasteiger partial charge on any atom is 0.126 e. The number of halogens is 2. The Labute approximate surface area is 118 Å². The average Bonchev–Trinajstić information content (AvgIpc) is 2.37. The first-order valence-electron chi connectivity index (χ1n) is 7.39. The van der Waals surface area contributed by atoms with E-state index in [4.69, 9.17) is 4.74 Å². The molecule has 2 nitrogen and oxygen atoms in total. The number of nitrogens with one attached hydrogen (secondary N) is 1. The van der Waals surface area contributed by atoms with Gasteiger partial charge in [0.2, 0.25) is 0 Å². The molecule has 1 spiro atoms. The van der Waals surface area contributed by atoms with Crippen LogP contribution in [0.5, 0.6) is 0 Å². The van der Waals surface area contributed by atoms with E-state index in [0.29, 0.717) is 11.5 Å². The Bertz CT molecular complexity index is 467. The Balaban J connectivity index is 1.81. The zero-order valence-corrected chi connectivity index (χ0v) is 11.8. The molecule has 4 heteroatoms. The van der Waals surface area contributed by atoms with E-state index in [1.54, 1.807) is 0 Å². The lowest BCUT2D eigenvalue weighted by molar-refractivity contribution is -0.147. The monoisotopic (exact) mass is 281 g/mol. The fourth-order valence-electron chi connectivity index (χ4n) is 3.70. The first-order valence-corrected chi connectivity index (χ1v) is 7.39. The zero-order chi connectivity index (χ0) is 14.2. The number of benzene rings is 1. The molecule has 1 saturated carbocycles. The molecule has 2 atom stereocenters. The van der Waals surface area contributed by atoms with E-state index in [0.717, 1.165) is 38.4 Å². The van der Waals surface area contributed by atoms with Gasteiger partial charge in [0.25, 0.3) is 0 Å². The van der Waals surface area contributed by atoms with Crippen molar-refractivity contribution >= 4 is 0 Å². The Morgan fingerprint density at radius 1 is 1.25 bits per heavy atom. The summed E-state index contributed by atoms with van der Waals surface area (Å²) in [7, 11) is 1.86. The van der Waals surface area contributed by atoms with Crippen LogP contribution in [0.25, 0.3) is 0 Å². The minimum atomic E-state index is -0.509. The summed E-state index contributed by atoms with van der Waals surface area (Å²) in [6.07, 6.45) is 5.39. The second-order valence-electron chi connectivity index (χ2n) is 6.11. The van der Waals surface area contributed by atoms with Crippen LogP contribution in [0.15, 0.2) is 18.2 Å². The van der Waals surface area contributed by atoms with Crippen molar-refractivity contribution in [3.05, 3.63) is 35.4 Å². The summed E-state index contributed by atoms with van der Waals surface area (Å²) in [4.78, 5) is 0. The van der Waals surface area contributed by atoms with Crippen LogP contribution in [0.1, 0.15) is 43.7 Å². The summed E-state index contributed by atoms with van der Waals surface area (Å²) < 4.78 is 32.8. The minimum absolute atomic E-state index is 0.0124. The van der Waals surface area contributed by atoms with Crippen molar-refractivity contribution in [1.29, 1.82) is 0 Å². The largest absolute Gasteiger partial charge is 0.375 e. The molecular formula is C16H21F2NO. The van der Waals surface area contributed by atoms with Crippen LogP contribution >= 0.6 is 0 Å². The van der Waals surface area contributed by atoms with Crippen LogP contribution in [0.3, 0.4) is 0 Å². The molecule has 0 radical (unpaired) electrons. The maximum atomic E-state index is 13.4. The standard InChI is InChI=1S/C16H21F2NO/c1-19-15(12-7-13(17)9-14(18)8-12)11-3-6-20-16(10-11)4-2-5-16/h7-9,11,15,19H,2-6,10H2,1H3. The third-order valence-electron chi connectivity index (χ3n) is 4.82. The molecule has 0 bridgehead atoms. The summed E-state index contributed by atoms with van der Waals surface area (Å²) in [5, 5.41) is 3.24. The van der Waals surface area contributed by atoms with Crippen molar-refractivity contribution in [3.63, 3.8) is 0 Å². The molecule has 1 N–H and O–H groups in total. The predicted octanol–water partition coefficient (Wildman–Crippen LogP) is 3.57.